The van der Waals surface area contributed by atoms with Crippen LogP contribution >= 0.6 is 0 Å². The molecule has 0 fully saturated rings. The monoisotopic (exact) mass is 230 g/mol. The van der Waals surface area contributed by atoms with Gasteiger partial charge < -0.3 is 20.4 Å². The Labute approximate surface area is 92.1 Å². The highest BCUT2D eigenvalue weighted by molar-refractivity contribution is 5.88. The van der Waals surface area contributed by atoms with Gasteiger partial charge in [-0.15, -0.1) is 0 Å². The second-order valence-corrected chi connectivity index (χ2v) is 3.22. The Kier molecular flexibility index (Phi) is 4.87. The van der Waals surface area contributed by atoms with Crippen LogP contribution in [-0.4, -0.2) is 44.6 Å². The molecular formula is C10H14O6. The Morgan fingerprint density at radius 1 is 1.38 bits per heavy atom. The molecule has 0 rings (SSSR count). The number of carbonyl (C=O) groups is 2. The first-order chi connectivity index (χ1) is 7.29. The van der Waals surface area contributed by atoms with Crippen LogP contribution in [0.3, 0.4) is 0 Å². The van der Waals surface area contributed by atoms with Crippen molar-refractivity contribution in [3.63, 3.8) is 0 Å². The highest BCUT2D eigenvalue weighted by Gasteiger charge is 2.38. The van der Waals surface area contributed by atoms with Gasteiger partial charge in [-0.1, -0.05) is 12.7 Å². The summed E-state index contributed by atoms with van der Waals surface area (Å²) in [5.74, 6) is -2.89. The Morgan fingerprint density at radius 2 is 1.88 bits per heavy atom. The van der Waals surface area contributed by atoms with Crippen LogP contribution in [0.2, 0.25) is 0 Å². The lowest BCUT2D eigenvalue weighted by Gasteiger charge is -2.23. The van der Waals surface area contributed by atoms with Gasteiger partial charge in [0.15, 0.2) is 0 Å². The largest absolute Gasteiger partial charge is 0.479 e. The number of aliphatic carboxylic acids is 2. The molecule has 6 heteroatoms. The summed E-state index contributed by atoms with van der Waals surface area (Å²) in [4.78, 5) is 21.3. The van der Waals surface area contributed by atoms with Crippen LogP contribution in [0.15, 0.2) is 23.8 Å². The lowest BCUT2D eigenvalue weighted by atomic mass is 9.90. The molecule has 0 heterocycles. The van der Waals surface area contributed by atoms with Crippen LogP contribution in [0.5, 0.6) is 0 Å². The van der Waals surface area contributed by atoms with E-state index < -0.39 is 24.1 Å². The number of hydrogen-bond donors (Lipinski definition) is 4. The van der Waals surface area contributed by atoms with E-state index in [9.17, 15) is 14.7 Å². The van der Waals surface area contributed by atoms with Crippen molar-refractivity contribution in [2.75, 3.05) is 6.61 Å². The van der Waals surface area contributed by atoms with Gasteiger partial charge in [-0.25, -0.2) is 9.59 Å². The number of hydrogen-bond acceptors (Lipinski definition) is 4. The molecule has 16 heavy (non-hydrogen) atoms. The molecule has 0 amide bonds. The predicted octanol–water partition coefficient (Wildman–Crippen LogP) is -0.228. The van der Waals surface area contributed by atoms with Gasteiger partial charge >= 0.3 is 11.9 Å². The Balaban J connectivity index is 4.94. The van der Waals surface area contributed by atoms with Crippen LogP contribution in [0, 0.1) is 0 Å². The zero-order valence-electron chi connectivity index (χ0n) is 8.80. The number of allylic oxidation sites excluding steroid dienone is 1. The maximum absolute atomic E-state index is 10.7. The van der Waals surface area contributed by atoms with E-state index in [2.05, 4.69) is 6.58 Å². The van der Waals surface area contributed by atoms with E-state index >= 15 is 0 Å². The third-order valence-electron chi connectivity index (χ3n) is 2.19. The number of carboxylic acids is 2. The Hall–Kier alpha value is -1.66. The summed E-state index contributed by atoms with van der Waals surface area (Å²) >= 11 is 0. The van der Waals surface area contributed by atoms with E-state index in [1.165, 1.54) is 13.0 Å². The molecule has 6 nitrogen and oxygen atoms in total. The summed E-state index contributed by atoms with van der Waals surface area (Å²) in [7, 11) is 0. The Bertz CT molecular complexity index is 343. The summed E-state index contributed by atoms with van der Waals surface area (Å²) in [6.07, 6.45) is 0.947. The van der Waals surface area contributed by atoms with Crippen molar-refractivity contribution in [2.45, 2.75) is 18.9 Å². The van der Waals surface area contributed by atoms with Gasteiger partial charge in [0.1, 0.15) is 0 Å². The molecule has 0 spiro atoms. The minimum absolute atomic E-state index is 0.0990. The normalized spacial score (nSPS) is 15.3. The second-order valence-electron chi connectivity index (χ2n) is 3.22. The van der Waals surface area contributed by atoms with Crippen molar-refractivity contribution >= 4 is 11.9 Å². The molecule has 0 aromatic rings. The molecule has 0 bridgehead atoms. The molecule has 0 saturated heterocycles. The summed E-state index contributed by atoms with van der Waals surface area (Å²) < 4.78 is 0. The van der Waals surface area contributed by atoms with E-state index in [0.29, 0.717) is 0 Å². The SMILES string of the molecule is C=C(C/C(=C\C)C(=O)O)C(O)(CO)C(=O)O. The minimum Gasteiger partial charge on any atom is -0.479 e. The summed E-state index contributed by atoms with van der Waals surface area (Å²) in [5, 5.41) is 35.7. The van der Waals surface area contributed by atoms with E-state index in [-0.39, 0.29) is 17.6 Å². The first-order valence-electron chi connectivity index (χ1n) is 4.43. The average molecular weight is 230 g/mol. The molecular weight excluding hydrogens is 216 g/mol. The van der Waals surface area contributed by atoms with Crippen molar-refractivity contribution in [3.05, 3.63) is 23.8 Å². The number of aliphatic hydroxyl groups excluding tert-OH is 1. The van der Waals surface area contributed by atoms with Gasteiger partial charge in [-0.3, -0.25) is 0 Å². The lowest BCUT2D eigenvalue weighted by molar-refractivity contribution is -0.158. The summed E-state index contributed by atoms with van der Waals surface area (Å²) in [6, 6.07) is 0. The standard InChI is InChI=1S/C10H14O6/c1-3-7(8(12)13)4-6(2)10(16,5-11)9(14)15/h3,11,16H,2,4-5H2,1H3,(H,12,13)(H,14,15)/b7-3+. The van der Waals surface area contributed by atoms with E-state index in [0.717, 1.165) is 0 Å². The van der Waals surface area contributed by atoms with Crippen LogP contribution in [-0.2, 0) is 9.59 Å². The highest BCUT2D eigenvalue weighted by atomic mass is 16.4. The molecule has 0 aliphatic carbocycles. The van der Waals surface area contributed by atoms with Crippen LogP contribution < -0.4 is 0 Å². The second kappa shape index (κ2) is 5.43. The topological polar surface area (TPSA) is 115 Å². The molecule has 0 aromatic carbocycles. The highest BCUT2D eigenvalue weighted by Crippen LogP contribution is 2.22. The molecule has 4 N–H and O–H groups in total. The zero-order chi connectivity index (χ0) is 12.9. The molecule has 90 valence electrons. The van der Waals surface area contributed by atoms with E-state index in [1.807, 2.05) is 0 Å². The van der Waals surface area contributed by atoms with Crippen molar-refractivity contribution < 1.29 is 30.0 Å². The Morgan fingerprint density at radius 3 is 2.12 bits per heavy atom. The predicted molar refractivity (Wildman–Crippen MR) is 54.8 cm³/mol. The van der Waals surface area contributed by atoms with Gasteiger partial charge in [-0.05, 0) is 12.5 Å². The van der Waals surface area contributed by atoms with Crippen molar-refractivity contribution in [1.29, 1.82) is 0 Å². The maximum atomic E-state index is 10.7. The van der Waals surface area contributed by atoms with Gasteiger partial charge in [0.25, 0.3) is 0 Å². The third-order valence-corrected chi connectivity index (χ3v) is 2.19. The van der Waals surface area contributed by atoms with E-state index in [1.54, 1.807) is 0 Å². The number of aliphatic hydroxyl groups is 2. The minimum atomic E-state index is -2.51. The van der Waals surface area contributed by atoms with Gasteiger partial charge in [0.2, 0.25) is 5.60 Å². The summed E-state index contributed by atoms with van der Waals surface area (Å²) in [6.45, 7) is 3.70. The first-order valence-corrected chi connectivity index (χ1v) is 4.43. The van der Waals surface area contributed by atoms with Crippen molar-refractivity contribution in [2.24, 2.45) is 0 Å². The molecule has 0 aromatic heterocycles. The molecule has 0 saturated carbocycles. The van der Waals surface area contributed by atoms with Crippen LogP contribution in [0.4, 0.5) is 0 Å². The zero-order valence-corrected chi connectivity index (χ0v) is 8.80. The van der Waals surface area contributed by atoms with Crippen molar-refractivity contribution in [3.8, 4) is 0 Å². The fraction of sp³-hybridized carbons (Fsp3) is 0.400. The molecule has 0 radical (unpaired) electrons. The average Bonchev–Trinajstić information content (AvgIpc) is 2.23. The van der Waals surface area contributed by atoms with Gasteiger partial charge in [-0.2, -0.15) is 0 Å². The van der Waals surface area contributed by atoms with Gasteiger partial charge in [0, 0.05) is 12.0 Å². The maximum Gasteiger partial charge on any atom is 0.342 e. The van der Waals surface area contributed by atoms with Gasteiger partial charge in [0.05, 0.1) is 6.61 Å². The molecule has 0 aliphatic heterocycles. The number of rotatable bonds is 6. The lowest BCUT2D eigenvalue weighted by Crippen LogP contribution is -2.44. The van der Waals surface area contributed by atoms with Crippen LogP contribution in [0.1, 0.15) is 13.3 Å². The quantitative estimate of drug-likeness (QED) is 0.370. The smallest absolute Gasteiger partial charge is 0.342 e. The molecule has 0 aliphatic rings. The van der Waals surface area contributed by atoms with Crippen molar-refractivity contribution in [1.82, 2.24) is 0 Å². The molecule has 1 unspecified atom stereocenters. The van der Waals surface area contributed by atoms with Crippen LogP contribution in [0.25, 0.3) is 0 Å². The molecule has 1 atom stereocenters. The first kappa shape index (κ1) is 14.3. The van der Waals surface area contributed by atoms with E-state index in [4.69, 9.17) is 15.3 Å². The fourth-order valence-corrected chi connectivity index (χ4v) is 1.01. The number of carboxylic acid groups (broad SMARTS) is 2. The summed E-state index contributed by atoms with van der Waals surface area (Å²) in [5.41, 5.74) is -2.89. The third kappa shape index (κ3) is 2.91. The fourth-order valence-electron chi connectivity index (χ4n) is 1.01.